The summed E-state index contributed by atoms with van der Waals surface area (Å²) in [7, 11) is 0. The highest BCUT2D eigenvalue weighted by molar-refractivity contribution is 5.91. The Labute approximate surface area is 93.8 Å². The van der Waals surface area contributed by atoms with Gasteiger partial charge in [0.1, 0.15) is 0 Å². The van der Waals surface area contributed by atoms with E-state index in [-0.39, 0.29) is 18.6 Å². The summed E-state index contributed by atoms with van der Waals surface area (Å²) in [5.74, 6) is -0.835. The molecule has 1 amide bonds. The maximum Gasteiger partial charge on any atom is 0.338 e. The molecule has 1 rings (SSSR count). The van der Waals surface area contributed by atoms with Crippen molar-refractivity contribution < 1.29 is 14.3 Å². The number of pyridine rings is 1. The first-order valence-corrected chi connectivity index (χ1v) is 4.96. The molecular weight excluding hydrogens is 208 g/mol. The minimum Gasteiger partial charge on any atom is -0.452 e. The van der Waals surface area contributed by atoms with Gasteiger partial charge in [0.2, 0.25) is 0 Å². The predicted octanol–water partition coefficient (Wildman–Crippen LogP) is 0.763. The topological polar surface area (TPSA) is 68.3 Å². The van der Waals surface area contributed by atoms with Gasteiger partial charge in [-0.2, -0.15) is 0 Å². The van der Waals surface area contributed by atoms with Crippen molar-refractivity contribution >= 4 is 11.9 Å². The molecule has 0 saturated heterocycles. The Morgan fingerprint density at radius 1 is 1.38 bits per heavy atom. The van der Waals surface area contributed by atoms with Crippen LogP contribution in [0, 0.1) is 0 Å². The van der Waals surface area contributed by atoms with Gasteiger partial charge in [0.25, 0.3) is 5.91 Å². The van der Waals surface area contributed by atoms with Crippen molar-refractivity contribution in [3.05, 3.63) is 30.1 Å². The first-order chi connectivity index (χ1) is 7.59. The Balaban J connectivity index is 2.39. The standard InChI is InChI=1S/C11H14N2O3/c1-8(2)13-10(14)7-16-11(15)9-3-5-12-6-4-9/h3-6,8H,7H2,1-2H3,(H,13,14). The van der Waals surface area contributed by atoms with E-state index in [1.165, 1.54) is 24.5 Å². The van der Waals surface area contributed by atoms with Crippen LogP contribution in [0.25, 0.3) is 0 Å². The van der Waals surface area contributed by atoms with Crippen LogP contribution in [0.4, 0.5) is 0 Å². The van der Waals surface area contributed by atoms with Gasteiger partial charge in [-0.1, -0.05) is 0 Å². The lowest BCUT2D eigenvalue weighted by Crippen LogP contribution is -2.33. The summed E-state index contributed by atoms with van der Waals surface area (Å²) in [5, 5.41) is 2.62. The van der Waals surface area contributed by atoms with Crippen LogP contribution in [0.15, 0.2) is 24.5 Å². The van der Waals surface area contributed by atoms with Crippen molar-refractivity contribution in [1.29, 1.82) is 0 Å². The second-order valence-electron chi connectivity index (χ2n) is 3.53. The molecule has 1 aromatic rings. The largest absolute Gasteiger partial charge is 0.452 e. The molecule has 0 unspecified atom stereocenters. The fourth-order valence-corrected chi connectivity index (χ4v) is 1.07. The van der Waals surface area contributed by atoms with E-state index in [2.05, 4.69) is 10.3 Å². The highest BCUT2D eigenvalue weighted by Gasteiger charge is 2.09. The van der Waals surface area contributed by atoms with Gasteiger partial charge >= 0.3 is 5.97 Å². The summed E-state index contributed by atoms with van der Waals surface area (Å²) in [4.78, 5) is 26.4. The number of hydrogen-bond donors (Lipinski definition) is 1. The molecule has 0 aliphatic carbocycles. The van der Waals surface area contributed by atoms with E-state index < -0.39 is 5.97 Å². The monoisotopic (exact) mass is 222 g/mol. The molecule has 5 heteroatoms. The van der Waals surface area contributed by atoms with E-state index in [0.717, 1.165) is 0 Å². The van der Waals surface area contributed by atoms with E-state index in [1.807, 2.05) is 13.8 Å². The Morgan fingerprint density at radius 2 is 2.00 bits per heavy atom. The average Bonchev–Trinajstić information content (AvgIpc) is 2.26. The summed E-state index contributed by atoms with van der Waals surface area (Å²) in [5.41, 5.74) is 0.382. The Hall–Kier alpha value is -1.91. The molecule has 0 bridgehead atoms. The highest BCUT2D eigenvalue weighted by Crippen LogP contribution is 1.98. The molecule has 0 radical (unpaired) electrons. The number of esters is 1. The maximum absolute atomic E-state index is 11.4. The van der Waals surface area contributed by atoms with Gasteiger partial charge in [0, 0.05) is 18.4 Å². The van der Waals surface area contributed by atoms with E-state index in [4.69, 9.17) is 4.74 Å². The molecule has 0 saturated carbocycles. The fraction of sp³-hybridized carbons (Fsp3) is 0.364. The lowest BCUT2D eigenvalue weighted by molar-refractivity contribution is -0.124. The number of ether oxygens (including phenoxy) is 1. The molecule has 0 spiro atoms. The summed E-state index contributed by atoms with van der Waals surface area (Å²) < 4.78 is 4.81. The van der Waals surface area contributed by atoms with Crippen molar-refractivity contribution in [2.75, 3.05) is 6.61 Å². The number of carbonyl (C=O) groups excluding carboxylic acids is 2. The summed E-state index contributed by atoms with van der Waals surface area (Å²) in [6, 6.07) is 3.10. The molecule has 1 heterocycles. The van der Waals surface area contributed by atoms with Crippen LogP contribution in [-0.2, 0) is 9.53 Å². The molecule has 0 aliphatic heterocycles. The number of nitrogens with one attached hydrogen (secondary N) is 1. The molecule has 0 aromatic carbocycles. The Kier molecular flexibility index (Phi) is 4.44. The maximum atomic E-state index is 11.4. The smallest absolute Gasteiger partial charge is 0.338 e. The van der Waals surface area contributed by atoms with Crippen molar-refractivity contribution in [3.63, 3.8) is 0 Å². The Morgan fingerprint density at radius 3 is 2.56 bits per heavy atom. The van der Waals surface area contributed by atoms with E-state index in [9.17, 15) is 9.59 Å². The third kappa shape index (κ3) is 4.08. The SMILES string of the molecule is CC(C)NC(=O)COC(=O)c1ccncc1. The third-order valence-electron chi connectivity index (χ3n) is 1.70. The lowest BCUT2D eigenvalue weighted by atomic mass is 10.3. The van der Waals surface area contributed by atoms with Crippen molar-refractivity contribution in [1.82, 2.24) is 10.3 Å². The number of nitrogens with zero attached hydrogens (tertiary/aromatic N) is 1. The zero-order chi connectivity index (χ0) is 12.0. The zero-order valence-electron chi connectivity index (χ0n) is 9.27. The normalized spacial score (nSPS) is 9.94. The van der Waals surface area contributed by atoms with Crippen LogP contribution in [0.1, 0.15) is 24.2 Å². The van der Waals surface area contributed by atoms with Crippen LogP contribution in [-0.4, -0.2) is 29.5 Å². The number of rotatable bonds is 4. The van der Waals surface area contributed by atoms with Gasteiger partial charge < -0.3 is 10.1 Å². The molecule has 5 nitrogen and oxygen atoms in total. The van der Waals surface area contributed by atoms with E-state index >= 15 is 0 Å². The van der Waals surface area contributed by atoms with Crippen molar-refractivity contribution in [2.24, 2.45) is 0 Å². The minimum atomic E-state index is -0.527. The Bertz CT molecular complexity index is 363. The predicted molar refractivity (Wildman–Crippen MR) is 57.8 cm³/mol. The fourth-order valence-electron chi connectivity index (χ4n) is 1.07. The highest BCUT2D eigenvalue weighted by atomic mass is 16.5. The van der Waals surface area contributed by atoms with Gasteiger partial charge in [-0.15, -0.1) is 0 Å². The average molecular weight is 222 g/mol. The molecule has 0 aliphatic rings. The molecule has 0 fully saturated rings. The van der Waals surface area contributed by atoms with Gasteiger partial charge in [-0.3, -0.25) is 9.78 Å². The second-order valence-corrected chi connectivity index (χ2v) is 3.53. The second kappa shape index (κ2) is 5.85. The van der Waals surface area contributed by atoms with Crippen LogP contribution in [0.2, 0.25) is 0 Å². The van der Waals surface area contributed by atoms with E-state index in [0.29, 0.717) is 5.56 Å². The molecule has 16 heavy (non-hydrogen) atoms. The zero-order valence-corrected chi connectivity index (χ0v) is 9.27. The number of aromatic nitrogens is 1. The lowest BCUT2D eigenvalue weighted by Gasteiger charge is -2.08. The summed E-state index contributed by atoms with van der Waals surface area (Å²) in [6.45, 7) is 3.41. The van der Waals surface area contributed by atoms with Gasteiger partial charge in [-0.05, 0) is 26.0 Å². The number of hydrogen-bond acceptors (Lipinski definition) is 4. The molecule has 1 aromatic heterocycles. The summed E-state index contributed by atoms with van der Waals surface area (Å²) >= 11 is 0. The first kappa shape index (κ1) is 12.2. The minimum absolute atomic E-state index is 0.0344. The van der Waals surface area contributed by atoms with Gasteiger partial charge in [0.15, 0.2) is 6.61 Å². The first-order valence-electron chi connectivity index (χ1n) is 4.96. The van der Waals surface area contributed by atoms with Crippen molar-refractivity contribution in [3.8, 4) is 0 Å². The van der Waals surface area contributed by atoms with Gasteiger partial charge in [0.05, 0.1) is 5.56 Å². The molecule has 0 atom stereocenters. The molecule has 86 valence electrons. The molecular formula is C11H14N2O3. The van der Waals surface area contributed by atoms with Gasteiger partial charge in [-0.25, -0.2) is 4.79 Å². The van der Waals surface area contributed by atoms with Crippen LogP contribution < -0.4 is 5.32 Å². The van der Waals surface area contributed by atoms with Crippen LogP contribution in [0.5, 0.6) is 0 Å². The van der Waals surface area contributed by atoms with E-state index in [1.54, 1.807) is 0 Å². The van der Waals surface area contributed by atoms with Crippen LogP contribution >= 0.6 is 0 Å². The molecule has 1 N–H and O–H groups in total. The quantitative estimate of drug-likeness (QED) is 0.764. The third-order valence-corrected chi connectivity index (χ3v) is 1.70. The van der Waals surface area contributed by atoms with Crippen LogP contribution in [0.3, 0.4) is 0 Å². The summed E-state index contributed by atoms with van der Waals surface area (Å²) in [6.07, 6.45) is 2.98. The van der Waals surface area contributed by atoms with Crippen molar-refractivity contribution in [2.45, 2.75) is 19.9 Å². The number of amides is 1. The number of carbonyl (C=O) groups is 2.